The highest BCUT2D eigenvalue weighted by Gasteiger charge is 2.49. The number of carbonyl (C=O) groups is 1. The molecule has 1 saturated heterocycles. The molecule has 1 aromatic carbocycles. The third-order valence-electron chi connectivity index (χ3n) is 6.49. The molecule has 5 atom stereocenters. The quantitative estimate of drug-likeness (QED) is 0.226. The molecular formula is C25H26ClFN6O5S. The van der Waals surface area contributed by atoms with Crippen LogP contribution in [0.4, 0.5) is 10.2 Å². The number of carboxylic acid groups (broad SMARTS) is 1. The number of aliphatic carboxylic acids is 1. The Kier molecular flexibility index (Phi) is 8.05. The van der Waals surface area contributed by atoms with Crippen molar-refractivity contribution >= 4 is 45.9 Å². The molecule has 14 heteroatoms. The van der Waals surface area contributed by atoms with Gasteiger partial charge in [0.05, 0.1) is 24.1 Å². The number of nitrogens with zero attached hydrogens (tertiary/aromatic N) is 5. The first kappa shape index (κ1) is 27.3. The van der Waals surface area contributed by atoms with Crippen LogP contribution in [0.1, 0.15) is 30.8 Å². The summed E-state index contributed by atoms with van der Waals surface area (Å²) in [5.41, 5.74) is 1.13. The van der Waals surface area contributed by atoms with Crippen LogP contribution < -0.4 is 5.32 Å². The molecule has 0 radical (unpaired) electrons. The maximum absolute atomic E-state index is 15.4. The van der Waals surface area contributed by atoms with Crippen LogP contribution >= 0.6 is 22.9 Å². The van der Waals surface area contributed by atoms with Crippen molar-refractivity contribution in [2.75, 3.05) is 18.5 Å². The molecule has 0 spiro atoms. The molecule has 1 unspecified atom stereocenters. The topological polar surface area (TPSA) is 145 Å². The fraction of sp³-hybridized carbons (Fsp3) is 0.400. The number of aromatic nitrogens is 5. The van der Waals surface area contributed by atoms with Gasteiger partial charge in [-0.05, 0) is 23.6 Å². The zero-order valence-electron chi connectivity index (χ0n) is 20.8. The van der Waals surface area contributed by atoms with Crippen molar-refractivity contribution in [3.05, 3.63) is 64.1 Å². The van der Waals surface area contributed by atoms with E-state index in [0.29, 0.717) is 23.4 Å². The number of carboxylic acids is 1. The number of hydrogen-bond donors (Lipinski definition) is 3. The molecule has 5 rings (SSSR count). The fourth-order valence-electron chi connectivity index (χ4n) is 4.49. The molecular weight excluding hydrogens is 551 g/mol. The Bertz CT molecular complexity index is 1430. The summed E-state index contributed by atoms with van der Waals surface area (Å²) in [7, 11) is 0. The van der Waals surface area contributed by atoms with Crippen LogP contribution in [0, 0.1) is 0 Å². The number of benzene rings is 1. The first-order valence-corrected chi connectivity index (χ1v) is 13.6. The summed E-state index contributed by atoms with van der Waals surface area (Å²) in [6, 6.07) is 8.96. The van der Waals surface area contributed by atoms with Crippen molar-refractivity contribution in [1.29, 1.82) is 0 Å². The number of anilines is 1. The van der Waals surface area contributed by atoms with Crippen LogP contribution in [0.2, 0.25) is 5.28 Å². The van der Waals surface area contributed by atoms with Gasteiger partial charge in [0.2, 0.25) is 10.9 Å². The number of nitrogens with one attached hydrogen (secondary N) is 1. The molecule has 0 aliphatic carbocycles. The first-order chi connectivity index (χ1) is 18.8. The van der Waals surface area contributed by atoms with Crippen molar-refractivity contribution in [2.45, 2.75) is 50.0 Å². The standard InChI is InChI=1S/C25H26ClFN6O5S/c1-2-8-28-20-18-21(32-24(26)31-20)33(12-29-18)22-17(27)19(34)15(38-22)10-37-25(23(35)36,16-11-39-13-30-16)9-14-6-4-3-5-7-14/h3-7,11-13,15,17,19,22,34H,2,8-10H2,1H3,(H,35,36)(H,28,31,32)/t15-,17-,19-,22-,25?/m1/s1. The predicted octanol–water partition coefficient (Wildman–Crippen LogP) is 3.59. The molecule has 1 aliphatic heterocycles. The van der Waals surface area contributed by atoms with Gasteiger partial charge in [-0.25, -0.2) is 19.2 Å². The molecule has 0 saturated carbocycles. The average molecular weight is 577 g/mol. The largest absolute Gasteiger partial charge is 0.479 e. The van der Waals surface area contributed by atoms with Crippen molar-refractivity contribution in [3.8, 4) is 0 Å². The van der Waals surface area contributed by atoms with Crippen LogP contribution in [0.5, 0.6) is 0 Å². The van der Waals surface area contributed by atoms with Crippen LogP contribution in [0.15, 0.2) is 47.5 Å². The Morgan fingerprint density at radius 1 is 1.31 bits per heavy atom. The zero-order chi connectivity index (χ0) is 27.6. The lowest BCUT2D eigenvalue weighted by molar-refractivity contribution is -0.177. The summed E-state index contributed by atoms with van der Waals surface area (Å²) in [6.45, 7) is 2.19. The summed E-state index contributed by atoms with van der Waals surface area (Å²) >= 11 is 7.34. The van der Waals surface area contributed by atoms with E-state index in [2.05, 4.69) is 25.3 Å². The van der Waals surface area contributed by atoms with E-state index in [0.717, 1.165) is 6.42 Å². The number of imidazole rings is 1. The van der Waals surface area contributed by atoms with Gasteiger partial charge in [-0.3, -0.25) is 4.57 Å². The number of rotatable bonds is 11. The Morgan fingerprint density at radius 2 is 2.10 bits per heavy atom. The van der Waals surface area contributed by atoms with Crippen LogP contribution in [-0.2, 0) is 26.3 Å². The predicted molar refractivity (Wildman–Crippen MR) is 141 cm³/mol. The number of fused-ring (bicyclic) bond motifs is 1. The Labute approximate surface area is 231 Å². The van der Waals surface area contributed by atoms with Crippen LogP contribution in [-0.4, -0.2) is 72.2 Å². The maximum atomic E-state index is 15.4. The summed E-state index contributed by atoms with van der Waals surface area (Å²) in [4.78, 5) is 29.5. The summed E-state index contributed by atoms with van der Waals surface area (Å²) in [6.07, 6.45) is -3.86. The van der Waals surface area contributed by atoms with Gasteiger partial charge in [-0.2, -0.15) is 9.97 Å². The Balaban J connectivity index is 1.40. The molecule has 3 aromatic heterocycles. The van der Waals surface area contributed by atoms with Crippen molar-refractivity contribution in [3.63, 3.8) is 0 Å². The number of alkyl halides is 1. The molecule has 3 N–H and O–H groups in total. The monoisotopic (exact) mass is 576 g/mol. The SMILES string of the molecule is CCCNc1nc(Cl)nc2c1ncn2[C@@H]1O[C@H](COC(Cc2ccccc2)(C(=O)O)c2cscn2)[C@@H](O)[C@H]1F. The lowest BCUT2D eigenvalue weighted by atomic mass is 9.91. The second-order valence-corrected chi connectivity index (χ2v) is 10.1. The number of ether oxygens (including phenoxy) is 2. The highest BCUT2D eigenvalue weighted by molar-refractivity contribution is 7.07. The minimum absolute atomic E-state index is 0.0344. The Hall–Kier alpha value is -3.23. The van der Waals surface area contributed by atoms with Gasteiger partial charge in [-0.1, -0.05) is 37.3 Å². The zero-order valence-corrected chi connectivity index (χ0v) is 22.3. The number of aliphatic hydroxyl groups excluding tert-OH is 1. The van der Waals surface area contributed by atoms with E-state index in [4.69, 9.17) is 21.1 Å². The van der Waals surface area contributed by atoms with Gasteiger partial charge >= 0.3 is 5.97 Å². The second-order valence-electron chi connectivity index (χ2n) is 9.07. The lowest BCUT2D eigenvalue weighted by Crippen LogP contribution is -2.44. The van der Waals surface area contributed by atoms with Crippen molar-refractivity contribution in [2.24, 2.45) is 0 Å². The third-order valence-corrected chi connectivity index (χ3v) is 7.24. The summed E-state index contributed by atoms with van der Waals surface area (Å²) in [5.74, 6) is -0.869. The minimum Gasteiger partial charge on any atom is -0.479 e. The van der Waals surface area contributed by atoms with E-state index in [9.17, 15) is 15.0 Å². The average Bonchev–Trinajstić information content (AvgIpc) is 3.67. The van der Waals surface area contributed by atoms with Gasteiger partial charge in [-0.15, -0.1) is 11.3 Å². The molecule has 0 bridgehead atoms. The van der Waals surface area contributed by atoms with Gasteiger partial charge in [0.25, 0.3) is 0 Å². The summed E-state index contributed by atoms with van der Waals surface area (Å²) < 4.78 is 28.6. The van der Waals surface area contributed by atoms with Crippen LogP contribution in [0.3, 0.4) is 0 Å². The summed E-state index contributed by atoms with van der Waals surface area (Å²) in [5, 5.41) is 25.7. The van der Waals surface area contributed by atoms with E-state index in [1.807, 2.05) is 13.0 Å². The van der Waals surface area contributed by atoms with E-state index in [1.165, 1.54) is 27.7 Å². The van der Waals surface area contributed by atoms with Crippen molar-refractivity contribution < 1.29 is 28.9 Å². The lowest BCUT2D eigenvalue weighted by Gasteiger charge is -2.30. The van der Waals surface area contributed by atoms with E-state index in [1.54, 1.807) is 29.6 Å². The van der Waals surface area contributed by atoms with Crippen molar-refractivity contribution in [1.82, 2.24) is 24.5 Å². The van der Waals surface area contributed by atoms with Gasteiger partial charge in [0.15, 0.2) is 29.4 Å². The Morgan fingerprint density at radius 3 is 2.79 bits per heavy atom. The molecule has 0 amide bonds. The van der Waals surface area contributed by atoms with E-state index < -0.39 is 42.8 Å². The highest BCUT2D eigenvalue weighted by atomic mass is 35.5. The van der Waals surface area contributed by atoms with Gasteiger partial charge < -0.3 is 25.0 Å². The fourth-order valence-corrected chi connectivity index (χ4v) is 5.27. The minimum atomic E-state index is -1.88. The molecule has 1 aliphatic rings. The van der Waals surface area contributed by atoms with E-state index >= 15 is 4.39 Å². The number of thiazole rings is 1. The van der Waals surface area contributed by atoms with Crippen LogP contribution in [0.25, 0.3) is 11.2 Å². The van der Waals surface area contributed by atoms with Gasteiger partial charge in [0, 0.05) is 18.3 Å². The number of halogens is 2. The number of hydrogen-bond acceptors (Lipinski definition) is 10. The third kappa shape index (κ3) is 5.32. The molecule has 1 fully saturated rings. The first-order valence-electron chi connectivity index (χ1n) is 12.3. The smallest absolute Gasteiger partial charge is 0.342 e. The van der Waals surface area contributed by atoms with E-state index in [-0.39, 0.29) is 23.0 Å². The normalized spacial score (nSPS) is 22.7. The maximum Gasteiger partial charge on any atom is 0.342 e. The molecule has 4 aromatic rings. The molecule has 11 nitrogen and oxygen atoms in total. The molecule has 4 heterocycles. The molecule has 39 heavy (non-hydrogen) atoms. The highest BCUT2D eigenvalue weighted by Crippen LogP contribution is 2.37. The number of aliphatic hydroxyl groups is 1. The second kappa shape index (κ2) is 11.5. The molecule has 206 valence electrons. The van der Waals surface area contributed by atoms with Gasteiger partial charge in [0.1, 0.15) is 12.2 Å².